The van der Waals surface area contributed by atoms with Crippen LogP contribution in [-0.4, -0.2) is 45.1 Å². The summed E-state index contributed by atoms with van der Waals surface area (Å²) in [7, 11) is -3.45. The molecule has 0 fully saturated rings. The van der Waals surface area contributed by atoms with Crippen LogP contribution in [0.5, 0.6) is 0 Å². The molecule has 0 heterocycles. The van der Waals surface area contributed by atoms with Gasteiger partial charge in [-0.05, 0) is 70.4 Å². The highest BCUT2D eigenvalue weighted by Gasteiger charge is 2.72. The Bertz CT molecular complexity index is 1840. The second kappa shape index (κ2) is 16.7. The van der Waals surface area contributed by atoms with Crippen molar-refractivity contribution in [3.63, 3.8) is 0 Å². The highest BCUT2D eigenvalue weighted by atomic mass is 79.9. The van der Waals surface area contributed by atoms with Gasteiger partial charge >= 0.3 is 18.0 Å². The van der Waals surface area contributed by atoms with Crippen LogP contribution in [0.2, 0.25) is 0 Å². The van der Waals surface area contributed by atoms with Crippen LogP contribution in [0.15, 0.2) is 152 Å². The summed E-state index contributed by atoms with van der Waals surface area (Å²) in [6, 6.07) is 45.3. The number of carbonyl (C=O) groups is 4. The summed E-state index contributed by atoms with van der Waals surface area (Å²) in [6.07, 6.45) is -2.11. The number of alkyl halides is 1. The maximum Gasteiger partial charge on any atom is 0.408 e. The molecule has 8 nitrogen and oxygen atoms in total. The Morgan fingerprint density at radius 1 is 0.647 bits per heavy atom. The summed E-state index contributed by atoms with van der Waals surface area (Å²) in [5.41, 5.74) is -1.00. The number of rotatable bonds is 15. The maximum absolute atomic E-state index is 15.4. The predicted molar refractivity (Wildman–Crippen MR) is 203 cm³/mol. The highest BCUT2D eigenvalue weighted by molar-refractivity contribution is 9.12. The number of halogens is 1. The molecule has 2 atom stereocenters. The number of carbonyl (C=O) groups excluding carboxylic acids is 3. The van der Waals surface area contributed by atoms with E-state index in [1.807, 2.05) is 97.1 Å². The Morgan fingerprint density at radius 3 is 1.47 bits per heavy atom. The minimum atomic E-state index is -3.45. The number of esters is 1. The molecule has 5 aromatic rings. The largest absolute Gasteiger partial charge is 0.479 e. The number of hydrogen-bond donors (Lipinski definition) is 2. The van der Waals surface area contributed by atoms with E-state index in [2.05, 4.69) is 21.2 Å². The Balaban J connectivity index is 1.71. The second-order valence-electron chi connectivity index (χ2n) is 11.9. The van der Waals surface area contributed by atoms with E-state index in [0.717, 1.165) is 0 Å². The van der Waals surface area contributed by atoms with Crippen LogP contribution in [0.3, 0.4) is 0 Å². The van der Waals surface area contributed by atoms with Crippen LogP contribution >= 0.6 is 23.2 Å². The SMILES string of the molecule is CCOC(=O)C(Br)(C(=O)C[C@@](Cc1ccccc1)(NC(=O)OCc1ccccc1)C(=O)O)[P+](c1ccccc1)(c1ccccc1)c1ccccc1. The number of amides is 1. The average Bonchev–Trinajstić information content (AvgIpc) is 3.16. The van der Waals surface area contributed by atoms with Gasteiger partial charge in [0.2, 0.25) is 5.78 Å². The van der Waals surface area contributed by atoms with E-state index in [4.69, 9.17) is 9.47 Å². The first-order chi connectivity index (χ1) is 24.7. The molecule has 0 aliphatic carbocycles. The summed E-state index contributed by atoms with van der Waals surface area (Å²) < 4.78 is 9.06. The number of hydrogen-bond acceptors (Lipinski definition) is 6. The number of carboxylic acid groups (broad SMARTS) is 1. The number of ketones is 1. The molecule has 0 spiro atoms. The molecule has 0 aliphatic heterocycles. The number of Topliss-reactive ketones (excluding diaryl/α,β-unsaturated/α-hetero) is 1. The van der Waals surface area contributed by atoms with E-state index in [0.29, 0.717) is 27.0 Å². The predicted octanol–water partition coefficient (Wildman–Crippen LogP) is 6.59. The molecule has 0 saturated heterocycles. The average molecular weight is 768 g/mol. The van der Waals surface area contributed by atoms with E-state index < -0.39 is 47.1 Å². The molecule has 0 radical (unpaired) electrons. The van der Waals surface area contributed by atoms with E-state index >= 15 is 4.79 Å². The van der Waals surface area contributed by atoms with Crippen molar-refractivity contribution in [2.24, 2.45) is 0 Å². The van der Waals surface area contributed by atoms with Gasteiger partial charge in [-0.25, -0.2) is 14.4 Å². The summed E-state index contributed by atoms with van der Waals surface area (Å²) in [4.78, 5) is 57.1. The van der Waals surface area contributed by atoms with Crippen molar-refractivity contribution in [3.8, 4) is 0 Å². The van der Waals surface area contributed by atoms with Crippen molar-refractivity contribution < 1.29 is 33.8 Å². The normalized spacial score (nSPS) is 13.5. The molecule has 10 heteroatoms. The maximum atomic E-state index is 15.4. The minimum absolute atomic E-state index is 0.0457. The zero-order chi connectivity index (χ0) is 36.3. The molecule has 0 saturated carbocycles. The van der Waals surface area contributed by atoms with Gasteiger partial charge in [0.25, 0.3) is 4.07 Å². The van der Waals surface area contributed by atoms with Gasteiger partial charge in [-0.1, -0.05) is 115 Å². The Hall–Kier alpha value is -5.11. The molecule has 5 rings (SSSR count). The fourth-order valence-corrected chi connectivity index (χ4v) is 13.0. The molecule has 260 valence electrons. The van der Waals surface area contributed by atoms with Crippen LogP contribution in [0.25, 0.3) is 0 Å². The minimum Gasteiger partial charge on any atom is -0.479 e. The summed E-state index contributed by atoms with van der Waals surface area (Å²) in [5, 5.41) is 15.6. The van der Waals surface area contributed by atoms with Crippen molar-refractivity contribution in [2.45, 2.75) is 36.0 Å². The molecule has 0 aliphatic rings. The first-order valence-corrected chi connectivity index (χ1v) is 19.0. The summed E-state index contributed by atoms with van der Waals surface area (Å²) in [6.45, 7) is 1.47. The fraction of sp³-hybridized carbons (Fsp3) is 0.171. The summed E-state index contributed by atoms with van der Waals surface area (Å²) in [5.74, 6) is -3.13. The van der Waals surface area contributed by atoms with Crippen LogP contribution in [0.1, 0.15) is 24.5 Å². The lowest BCUT2D eigenvalue weighted by atomic mass is 9.85. The van der Waals surface area contributed by atoms with Crippen molar-refractivity contribution >= 4 is 62.9 Å². The lowest BCUT2D eigenvalue weighted by molar-refractivity contribution is -0.150. The number of benzene rings is 5. The van der Waals surface area contributed by atoms with E-state index in [-0.39, 0.29) is 19.6 Å². The van der Waals surface area contributed by atoms with Crippen LogP contribution < -0.4 is 21.2 Å². The molecular weight excluding hydrogens is 729 g/mol. The third kappa shape index (κ3) is 7.80. The topological polar surface area (TPSA) is 119 Å². The fourth-order valence-electron chi connectivity index (χ4n) is 6.25. The highest BCUT2D eigenvalue weighted by Crippen LogP contribution is 2.69. The third-order valence-corrected chi connectivity index (χ3v) is 15.5. The lowest BCUT2D eigenvalue weighted by Crippen LogP contribution is -2.61. The van der Waals surface area contributed by atoms with Crippen molar-refractivity contribution in [1.29, 1.82) is 0 Å². The summed E-state index contributed by atoms with van der Waals surface area (Å²) >= 11 is 3.75. The Kier molecular flexibility index (Phi) is 12.2. The molecule has 51 heavy (non-hydrogen) atoms. The van der Waals surface area contributed by atoms with E-state index in [1.165, 1.54) is 0 Å². The number of ether oxygens (including phenoxy) is 2. The molecule has 5 aromatic carbocycles. The zero-order valence-corrected chi connectivity index (χ0v) is 30.5. The zero-order valence-electron chi connectivity index (χ0n) is 28.0. The molecule has 0 aromatic heterocycles. The molecule has 1 unspecified atom stereocenters. The quantitative estimate of drug-likeness (QED) is 0.0535. The van der Waals surface area contributed by atoms with Crippen molar-refractivity contribution in [2.75, 3.05) is 6.61 Å². The van der Waals surface area contributed by atoms with Gasteiger partial charge in [0.15, 0.2) is 5.54 Å². The number of carboxylic acids is 1. The van der Waals surface area contributed by atoms with Gasteiger partial charge in [0.05, 0.1) is 6.61 Å². The van der Waals surface area contributed by atoms with E-state index in [1.54, 1.807) is 61.5 Å². The van der Waals surface area contributed by atoms with Gasteiger partial charge in [-0.15, -0.1) is 0 Å². The van der Waals surface area contributed by atoms with Crippen molar-refractivity contribution in [1.82, 2.24) is 5.32 Å². The Morgan fingerprint density at radius 2 is 1.06 bits per heavy atom. The van der Waals surface area contributed by atoms with Crippen molar-refractivity contribution in [3.05, 3.63) is 163 Å². The van der Waals surface area contributed by atoms with Crippen LogP contribution in [-0.2, 0) is 36.9 Å². The monoisotopic (exact) mass is 766 g/mol. The van der Waals surface area contributed by atoms with Crippen LogP contribution in [0.4, 0.5) is 4.79 Å². The van der Waals surface area contributed by atoms with Gasteiger partial charge in [0, 0.05) is 12.8 Å². The van der Waals surface area contributed by atoms with Gasteiger partial charge in [0.1, 0.15) is 29.8 Å². The van der Waals surface area contributed by atoms with E-state index in [9.17, 15) is 19.5 Å². The second-order valence-corrected chi connectivity index (χ2v) is 17.2. The molecular formula is C41H38BrNO7P+. The molecule has 0 bridgehead atoms. The van der Waals surface area contributed by atoms with Gasteiger partial charge in [-0.2, -0.15) is 0 Å². The smallest absolute Gasteiger partial charge is 0.408 e. The first kappa shape index (κ1) is 37.2. The number of nitrogens with one attached hydrogen (secondary N) is 1. The number of aliphatic carboxylic acids is 1. The van der Waals surface area contributed by atoms with Gasteiger partial charge in [-0.3, -0.25) is 4.79 Å². The third-order valence-electron chi connectivity index (χ3n) is 8.58. The molecule has 1 amide bonds. The molecule has 2 N–H and O–H groups in total. The van der Waals surface area contributed by atoms with Gasteiger partial charge < -0.3 is 19.9 Å². The standard InChI is InChI=1S/C41H37BrNO7P/c1-2-49-38(47)41(42,51(33-22-12-5-13-23-33,34-24-14-6-15-25-34)35-26-16-7-17-27-35)36(44)29-40(37(45)46,28-31-18-8-3-9-19-31)43-39(48)50-30-32-20-10-4-11-21-32/h3-27H,2,28-30H2,1H3,(H-,43,45,46,48)/p+1/t40-,41?/m1/s1. The number of alkyl carbamates (subject to hydrolysis) is 1. The van der Waals surface area contributed by atoms with Crippen LogP contribution in [0, 0.1) is 0 Å². The Labute approximate surface area is 306 Å². The lowest BCUT2D eigenvalue weighted by Gasteiger charge is -2.40. The first-order valence-electron chi connectivity index (χ1n) is 16.4.